The predicted molar refractivity (Wildman–Crippen MR) is 185 cm³/mol. The van der Waals surface area contributed by atoms with E-state index < -0.39 is 0 Å². The molecule has 0 bridgehead atoms. The summed E-state index contributed by atoms with van der Waals surface area (Å²) in [7, 11) is 4.25. The Morgan fingerprint density at radius 1 is 1.02 bits per heavy atom. The lowest BCUT2D eigenvalue weighted by molar-refractivity contribution is 0.0720. The number of ether oxygens (including phenoxy) is 1. The standard InChI is InChI=1S/C36H49N7O3/c1-6-27-23-42(36(45)30-12-10-25(3)21-33(30)41-18-14-28(24-41)40(4)5)19-20-43(27)32-13-11-26(22-31(32)34(44)38-17-15-37)29-9-8-16-39-35(29)46-7-2/h8-13,16,21-22,27-28H,6-7,14-15,17-20,23-24,37H2,1-5H3,(H,38,44)/t27-,28+/m1/s1. The molecule has 3 aromatic rings. The van der Waals surface area contributed by atoms with E-state index in [0.29, 0.717) is 56.8 Å². The largest absolute Gasteiger partial charge is 0.478 e. The van der Waals surface area contributed by atoms with Crippen LogP contribution >= 0.6 is 0 Å². The maximum absolute atomic E-state index is 14.2. The minimum atomic E-state index is -0.177. The van der Waals surface area contributed by atoms with Crippen LogP contribution in [0.3, 0.4) is 0 Å². The van der Waals surface area contributed by atoms with Crippen LogP contribution in [0.2, 0.25) is 0 Å². The molecule has 5 rings (SSSR count). The van der Waals surface area contributed by atoms with Gasteiger partial charge in [-0.05, 0) is 88.3 Å². The Labute approximate surface area is 273 Å². The second-order valence-corrected chi connectivity index (χ2v) is 12.4. The van der Waals surface area contributed by atoms with Crippen molar-refractivity contribution in [1.29, 1.82) is 0 Å². The molecule has 46 heavy (non-hydrogen) atoms. The zero-order valence-electron chi connectivity index (χ0n) is 28.0. The van der Waals surface area contributed by atoms with Gasteiger partial charge in [0.05, 0.1) is 17.7 Å². The predicted octanol–water partition coefficient (Wildman–Crippen LogP) is 4.03. The number of nitrogens with zero attached hydrogens (tertiary/aromatic N) is 5. The Morgan fingerprint density at radius 2 is 1.85 bits per heavy atom. The van der Waals surface area contributed by atoms with Crippen molar-refractivity contribution < 1.29 is 14.3 Å². The highest BCUT2D eigenvalue weighted by Gasteiger charge is 2.34. The van der Waals surface area contributed by atoms with Crippen molar-refractivity contribution in [2.45, 2.75) is 45.7 Å². The molecule has 246 valence electrons. The Kier molecular flexibility index (Phi) is 10.8. The molecule has 2 atom stereocenters. The highest BCUT2D eigenvalue weighted by atomic mass is 16.5. The number of carbonyl (C=O) groups excluding carboxylic acids is 2. The average molecular weight is 628 g/mol. The number of nitrogens with one attached hydrogen (secondary N) is 1. The third-order valence-electron chi connectivity index (χ3n) is 9.20. The van der Waals surface area contributed by atoms with Gasteiger partial charge in [0.2, 0.25) is 5.88 Å². The van der Waals surface area contributed by atoms with Crippen LogP contribution in [0.1, 0.15) is 53.0 Å². The molecular weight excluding hydrogens is 578 g/mol. The molecule has 0 spiro atoms. The van der Waals surface area contributed by atoms with Crippen LogP contribution in [0.15, 0.2) is 54.7 Å². The van der Waals surface area contributed by atoms with Gasteiger partial charge < -0.3 is 35.4 Å². The molecule has 0 aliphatic carbocycles. The van der Waals surface area contributed by atoms with Crippen molar-refractivity contribution in [3.8, 4) is 17.0 Å². The van der Waals surface area contributed by atoms with E-state index in [0.717, 1.165) is 59.6 Å². The van der Waals surface area contributed by atoms with Crippen LogP contribution in [0.4, 0.5) is 11.4 Å². The smallest absolute Gasteiger partial charge is 0.256 e. The van der Waals surface area contributed by atoms with Crippen LogP contribution in [0.25, 0.3) is 11.1 Å². The van der Waals surface area contributed by atoms with Crippen LogP contribution in [-0.4, -0.2) is 105 Å². The molecule has 3 heterocycles. The maximum atomic E-state index is 14.2. The van der Waals surface area contributed by atoms with Crippen molar-refractivity contribution in [3.63, 3.8) is 0 Å². The van der Waals surface area contributed by atoms with Crippen LogP contribution < -0.4 is 25.6 Å². The first-order valence-electron chi connectivity index (χ1n) is 16.5. The lowest BCUT2D eigenvalue weighted by Crippen LogP contribution is -2.55. The first-order chi connectivity index (χ1) is 22.2. The molecule has 10 nitrogen and oxygen atoms in total. The van der Waals surface area contributed by atoms with Crippen molar-refractivity contribution >= 4 is 23.2 Å². The molecule has 0 saturated carbocycles. The fraction of sp³-hybridized carbons (Fsp3) is 0.472. The molecule has 2 aliphatic heterocycles. The van der Waals surface area contributed by atoms with Gasteiger partial charge in [-0.2, -0.15) is 0 Å². The number of aromatic nitrogens is 1. The fourth-order valence-electron chi connectivity index (χ4n) is 6.62. The number of benzene rings is 2. The maximum Gasteiger partial charge on any atom is 0.256 e. The van der Waals surface area contributed by atoms with E-state index in [4.69, 9.17) is 10.5 Å². The quantitative estimate of drug-likeness (QED) is 0.328. The SMILES string of the molecule is CCOc1ncccc1-c1ccc(N2CCN(C(=O)c3ccc(C)cc3N3CC[C@H](N(C)C)C3)C[C@H]2CC)c(C(=O)NCCN)c1. The van der Waals surface area contributed by atoms with Gasteiger partial charge in [-0.15, -0.1) is 0 Å². The third kappa shape index (κ3) is 7.13. The fourth-order valence-corrected chi connectivity index (χ4v) is 6.62. The molecule has 2 aliphatic rings. The van der Waals surface area contributed by atoms with E-state index in [2.05, 4.69) is 59.0 Å². The zero-order chi connectivity index (χ0) is 32.8. The highest BCUT2D eigenvalue weighted by Crippen LogP contribution is 2.35. The lowest BCUT2D eigenvalue weighted by atomic mass is 9.99. The Hall–Kier alpha value is -4.15. The summed E-state index contributed by atoms with van der Waals surface area (Å²) in [6, 6.07) is 16.5. The van der Waals surface area contributed by atoms with E-state index in [1.54, 1.807) is 6.20 Å². The van der Waals surface area contributed by atoms with Gasteiger partial charge in [-0.1, -0.05) is 19.1 Å². The third-order valence-corrected chi connectivity index (χ3v) is 9.20. The number of pyridine rings is 1. The number of piperazine rings is 1. The van der Waals surface area contributed by atoms with Crippen LogP contribution in [0, 0.1) is 6.92 Å². The van der Waals surface area contributed by atoms with Gasteiger partial charge in [0.1, 0.15) is 0 Å². The number of rotatable bonds is 11. The zero-order valence-corrected chi connectivity index (χ0v) is 28.0. The van der Waals surface area contributed by atoms with Gasteiger partial charge in [-0.25, -0.2) is 4.98 Å². The number of carbonyl (C=O) groups is 2. The number of hydrogen-bond acceptors (Lipinski definition) is 8. The molecule has 10 heteroatoms. The first-order valence-corrected chi connectivity index (χ1v) is 16.5. The molecule has 0 unspecified atom stereocenters. The number of likely N-dealkylation sites (N-methyl/N-ethyl adjacent to an activating group) is 1. The molecule has 2 aromatic carbocycles. The second kappa shape index (κ2) is 15.0. The second-order valence-electron chi connectivity index (χ2n) is 12.4. The minimum absolute atomic E-state index is 0.0424. The van der Waals surface area contributed by atoms with E-state index in [1.807, 2.05) is 54.3 Å². The normalized spacial score (nSPS) is 18.3. The average Bonchev–Trinajstić information content (AvgIpc) is 3.58. The van der Waals surface area contributed by atoms with E-state index in [-0.39, 0.29) is 17.9 Å². The van der Waals surface area contributed by atoms with E-state index in [1.165, 1.54) is 0 Å². The Morgan fingerprint density at radius 3 is 2.57 bits per heavy atom. The summed E-state index contributed by atoms with van der Waals surface area (Å²) in [5, 5.41) is 2.97. The number of hydrogen-bond donors (Lipinski definition) is 2. The summed E-state index contributed by atoms with van der Waals surface area (Å²) >= 11 is 0. The van der Waals surface area contributed by atoms with Gasteiger partial charge >= 0.3 is 0 Å². The Balaban J connectivity index is 1.42. The van der Waals surface area contributed by atoms with E-state index in [9.17, 15) is 9.59 Å². The number of aryl methyl sites for hydroxylation is 1. The minimum Gasteiger partial charge on any atom is -0.478 e. The highest BCUT2D eigenvalue weighted by molar-refractivity contribution is 6.02. The number of amides is 2. The summed E-state index contributed by atoms with van der Waals surface area (Å²) in [4.78, 5) is 41.1. The summed E-state index contributed by atoms with van der Waals surface area (Å²) in [6.07, 6.45) is 3.61. The van der Waals surface area contributed by atoms with Crippen molar-refractivity contribution in [1.82, 2.24) is 20.1 Å². The number of nitrogens with two attached hydrogens (primary N) is 1. The molecule has 1 aromatic heterocycles. The van der Waals surface area contributed by atoms with Crippen molar-refractivity contribution in [2.75, 3.05) is 76.3 Å². The monoisotopic (exact) mass is 627 g/mol. The lowest BCUT2D eigenvalue weighted by Gasteiger charge is -2.43. The van der Waals surface area contributed by atoms with Crippen molar-refractivity contribution in [3.05, 3.63) is 71.4 Å². The van der Waals surface area contributed by atoms with Gasteiger partial charge in [-0.3, -0.25) is 9.59 Å². The molecule has 0 radical (unpaired) electrons. The first kappa shape index (κ1) is 33.2. The van der Waals surface area contributed by atoms with Gasteiger partial charge in [0, 0.05) is 81.0 Å². The van der Waals surface area contributed by atoms with Gasteiger partial charge in [0.15, 0.2) is 0 Å². The summed E-state index contributed by atoms with van der Waals surface area (Å²) in [5.74, 6) is 0.424. The number of anilines is 2. The van der Waals surface area contributed by atoms with Crippen LogP contribution in [-0.2, 0) is 0 Å². The molecular formula is C36H49N7O3. The van der Waals surface area contributed by atoms with Crippen LogP contribution in [0.5, 0.6) is 5.88 Å². The molecule has 2 amide bonds. The molecule has 3 N–H and O–H groups in total. The summed E-state index contributed by atoms with van der Waals surface area (Å²) in [6.45, 7) is 11.0. The topological polar surface area (TPSA) is 107 Å². The Bertz CT molecular complexity index is 1530. The molecule has 2 fully saturated rings. The summed E-state index contributed by atoms with van der Waals surface area (Å²) < 4.78 is 5.79. The van der Waals surface area contributed by atoms with E-state index >= 15 is 0 Å². The molecule has 2 saturated heterocycles. The summed E-state index contributed by atoms with van der Waals surface area (Å²) in [5.41, 5.74) is 11.8. The van der Waals surface area contributed by atoms with Crippen molar-refractivity contribution in [2.24, 2.45) is 5.73 Å². The van der Waals surface area contributed by atoms with Gasteiger partial charge in [0.25, 0.3) is 11.8 Å².